The molecular weight excluding hydrogens is 500 g/mol. The molecule has 33 heavy (non-hydrogen) atoms. The number of ether oxygens (including phenoxy) is 2. The van der Waals surface area contributed by atoms with Crippen molar-refractivity contribution in [1.29, 1.82) is 0 Å². The van der Waals surface area contributed by atoms with E-state index in [4.69, 9.17) is 9.47 Å². The molecule has 0 amide bonds. The molecule has 7 heteroatoms. The summed E-state index contributed by atoms with van der Waals surface area (Å²) in [6, 6.07) is 15.9. The van der Waals surface area contributed by atoms with Gasteiger partial charge in [-0.05, 0) is 70.5 Å². The van der Waals surface area contributed by atoms with E-state index < -0.39 is 0 Å². The van der Waals surface area contributed by atoms with Gasteiger partial charge in [-0.1, -0.05) is 18.2 Å². The number of fused-ring (bicyclic) bond motifs is 1. The number of anilines is 2. The number of carbonyl (C=O) groups excluding carboxylic acids is 1. The Morgan fingerprint density at radius 2 is 1.94 bits per heavy atom. The Bertz CT molecular complexity index is 1220. The molecule has 0 bridgehead atoms. The average Bonchev–Trinajstić information content (AvgIpc) is 3.29. The van der Waals surface area contributed by atoms with Gasteiger partial charge in [0.15, 0.2) is 17.3 Å². The highest BCUT2D eigenvalue weighted by Gasteiger charge is 2.36. The minimum Gasteiger partial charge on any atom is -0.493 e. The van der Waals surface area contributed by atoms with E-state index in [2.05, 4.69) is 44.1 Å². The molecule has 0 spiro atoms. The first-order chi connectivity index (χ1) is 16.1. The summed E-state index contributed by atoms with van der Waals surface area (Å²) < 4.78 is 12.2. The Morgan fingerprint density at radius 3 is 2.67 bits per heavy atom. The maximum absolute atomic E-state index is 13.6. The van der Waals surface area contributed by atoms with Crippen LogP contribution in [0.25, 0.3) is 0 Å². The smallest absolute Gasteiger partial charge is 0.175 e. The van der Waals surface area contributed by atoms with E-state index >= 15 is 0 Å². The fraction of sp³-hybridized carbons (Fsp3) is 0.269. The number of rotatable bonds is 5. The highest BCUT2D eigenvalue weighted by atomic mass is 79.9. The third kappa shape index (κ3) is 4.15. The standard InChI is InChI=1S/C26H25BrN2O3S/c1-3-32-26-17(27)11-16(14-22(26)31-2)25-24-20(28-18-7-4-5-8-19(18)29-25)12-15(13-21(24)30)23-9-6-10-33-23/h4-11,14-15,25,28-29H,3,12-13H2,1-2H3. The lowest BCUT2D eigenvalue weighted by atomic mass is 9.80. The number of carbonyl (C=O) groups is 1. The predicted octanol–water partition coefficient (Wildman–Crippen LogP) is 6.90. The second-order valence-corrected chi connectivity index (χ2v) is 9.98. The summed E-state index contributed by atoms with van der Waals surface area (Å²) >= 11 is 5.37. The molecule has 1 aromatic heterocycles. The Labute approximate surface area is 205 Å². The van der Waals surface area contributed by atoms with E-state index in [0.717, 1.165) is 39.1 Å². The van der Waals surface area contributed by atoms with E-state index in [-0.39, 0.29) is 17.7 Å². The fourth-order valence-electron chi connectivity index (χ4n) is 4.66. The number of methoxy groups -OCH3 is 1. The number of para-hydroxylation sites is 2. The molecule has 2 heterocycles. The van der Waals surface area contributed by atoms with Crippen molar-refractivity contribution in [3.63, 3.8) is 0 Å². The molecule has 0 saturated heterocycles. The molecule has 170 valence electrons. The molecule has 2 aromatic carbocycles. The lowest BCUT2D eigenvalue weighted by Crippen LogP contribution is -2.26. The SMILES string of the molecule is CCOc1c(Br)cc(C2Nc3ccccc3NC3=C2C(=O)CC(c2cccs2)C3)cc1OC. The molecule has 0 fully saturated rings. The fourth-order valence-corrected chi connectivity index (χ4v) is 6.06. The van der Waals surface area contributed by atoms with Crippen molar-refractivity contribution < 1.29 is 14.3 Å². The van der Waals surface area contributed by atoms with Crippen molar-refractivity contribution in [2.45, 2.75) is 31.7 Å². The number of hydrogen-bond donors (Lipinski definition) is 2. The quantitative estimate of drug-likeness (QED) is 0.380. The van der Waals surface area contributed by atoms with Gasteiger partial charge in [-0.3, -0.25) is 4.79 Å². The van der Waals surface area contributed by atoms with Gasteiger partial charge >= 0.3 is 0 Å². The van der Waals surface area contributed by atoms with Gasteiger partial charge in [-0.15, -0.1) is 11.3 Å². The third-order valence-corrected chi connectivity index (χ3v) is 7.75. The molecule has 1 aliphatic heterocycles. The number of thiophene rings is 1. The van der Waals surface area contributed by atoms with Gasteiger partial charge in [-0.2, -0.15) is 0 Å². The number of benzene rings is 2. The summed E-state index contributed by atoms with van der Waals surface area (Å²) in [6.07, 6.45) is 1.30. The molecule has 5 rings (SSSR count). The van der Waals surface area contributed by atoms with Crippen LogP contribution in [0.3, 0.4) is 0 Å². The minimum absolute atomic E-state index is 0.163. The van der Waals surface area contributed by atoms with Crippen LogP contribution in [-0.2, 0) is 4.79 Å². The van der Waals surface area contributed by atoms with E-state index in [9.17, 15) is 4.79 Å². The zero-order valence-corrected chi connectivity index (χ0v) is 20.9. The Morgan fingerprint density at radius 1 is 1.12 bits per heavy atom. The van der Waals surface area contributed by atoms with Gasteiger partial charge in [0, 0.05) is 28.5 Å². The number of ketones is 1. The molecule has 2 atom stereocenters. The van der Waals surface area contributed by atoms with E-state index in [1.165, 1.54) is 4.88 Å². The largest absolute Gasteiger partial charge is 0.493 e. The molecule has 5 nitrogen and oxygen atoms in total. The van der Waals surface area contributed by atoms with Crippen LogP contribution in [0, 0.1) is 0 Å². The molecule has 2 aliphatic rings. The number of halogens is 1. The van der Waals surface area contributed by atoms with Crippen LogP contribution in [0.1, 0.15) is 42.2 Å². The molecule has 0 saturated carbocycles. The molecular formula is C26H25BrN2O3S. The normalized spacial score (nSPS) is 19.7. The molecule has 0 radical (unpaired) electrons. The van der Waals surface area contributed by atoms with Gasteiger partial charge in [-0.25, -0.2) is 0 Å². The first-order valence-electron chi connectivity index (χ1n) is 11.0. The lowest BCUT2D eigenvalue weighted by molar-refractivity contribution is -0.116. The van der Waals surface area contributed by atoms with Crippen molar-refractivity contribution in [1.82, 2.24) is 0 Å². The monoisotopic (exact) mass is 524 g/mol. The topological polar surface area (TPSA) is 59.6 Å². The summed E-state index contributed by atoms with van der Waals surface area (Å²) in [4.78, 5) is 14.9. The Kier molecular flexibility index (Phi) is 6.17. The number of allylic oxidation sites excluding steroid dienone is 1. The summed E-state index contributed by atoms with van der Waals surface area (Å²) in [6.45, 7) is 2.47. The van der Waals surface area contributed by atoms with Crippen LogP contribution in [0.15, 0.2) is 69.7 Å². The highest BCUT2D eigenvalue weighted by molar-refractivity contribution is 9.10. The van der Waals surface area contributed by atoms with Gasteiger partial charge in [0.1, 0.15) is 0 Å². The summed E-state index contributed by atoms with van der Waals surface area (Å²) in [5.74, 6) is 1.65. The van der Waals surface area contributed by atoms with Crippen LogP contribution < -0.4 is 20.1 Å². The molecule has 2 N–H and O–H groups in total. The Balaban J connectivity index is 1.64. The van der Waals surface area contributed by atoms with E-state index in [1.807, 2.05) is 43.3 Å². The average molecular weight is 525 g/mol. The summed E-state index contributed by atoms with van der Waals surface area (Å²) in [7, 11) is 1.63. The number of Topliss-reactive ketones (excluding diaryl/α,β-unsaturated/α-hetero) is 1. The van der Waals surface area contributed by atoms with Gasteiger partial charge < -0.3 is 20.1 Å². The molecule has 2 unspecified atom stereocenters. The first-order valence-corrected chi connectivity index (χ1v) is 12.7. The predicted molar refractivity (Wildman–Crippen MR) is 137 cm³/mol. The first kappa shape index (κ1) is 22.0. The molecule has 3 aromatic rings. The van der Waals surface area contributed by atoms with Crippen molar-refractivity contribution >= 4 is 44.4 Å². The Hall–Kier alpha value is -2.77. The van der Waals surface area contributed by atoms with Gasteiger partial charge in [0.05, 0.1) is 35.6 Å². The van der Waals surface area contributed by atoms with Crippen LogP contribution >= 0.6 is 27.3 Å². The van der Waals surface area contributed by atoms with Crippen LogP contribution in [-0.4, -0.2) is 19.5 Å². The van der Waals surface area contributed by atoms with Crippen LogP contribution in [0.2, 0.25) is 0 Å². The summed E-state index contributed by atoms with van der Waals surface area (Å²) in [5.41, 5.74) is 4.65. The minimum atomic E-state index is -0.311. The maximum atomic E-state index is 13.6. The van der Waals surface area contributed by atoms with Crippen molar-refractivity contribution in [2.24, 2.45) is 0 Å². The summed E-state index contributed by atoms with van der Waals surface area (Å²) in [5, 5.41) is 9.30. The van der Waals surface area contributed by atoms with Crippen LogP contribution in [0.5, 0.6) is 11.5 Å². The molecule has 1 aliphatic carbocycles. The zero-order chi connectivity index (χ0) is 22.9. The van der Waals surface area contributed by atoms with Gasteiger partial charge in [0.25, 0.3) is 0 Å². The van der Waals surface area contributed by atoms with E-state index in [0.29, 0.717) is 24.5 Å². The maximum Gasteiger partial charge on any atom is 0.175 e. The van der Waals surface area contributed by atoms with Crippen molar-refractivity contribution in [3.8, 4) is 11.5 Å². The van der Waals surface area contributed by atoms with Crippen molar-refractivity contribution in [2.75, 3.05) is 24.4 Å². The van der Waals surface area contributed by atoms with Crippen molar-refractivity contribution in [3.05, 3.63) is 80.1 Å². The second kappa shape index (κ2) is 9.23. The lowest BCUT2D eigenvalue weighted by Gasteiger charge is -2.29. The second-order valence-electron chi connectivity index (χ2n) is 8.15. The zero-order valence-electron chi connectivity index (χ0n) is 18.5. The van der Waals surface area contributed by atoms with E-state index in [1.54, 1.807) is 18.4 Å². The third-order valence-electron chi connectivity index (χ3n) is 6.13. The highest BCUT2D eigenvalue weighted by Crippen LogP contribution is 2.47. The number of hydrogen-bond acceptors (Lipinski definition) is 6. The number of nitrogens with one attached hydrogen (secondary N) is 2. The van der Waals surface area contributed by atoms with Gasteiger partial charge in [0.2, 0.25) is 0 Å². The van der Waals surface area contributed by atoms with Crippen LogP contribution in [0.4, 0.5) is 11.4 Å².